The summed E-state index contributed by atoms with van der Waals surface area (Å²) in [5.41, 5.74) is 1.13. The summed E-state index contributed by atoms with van der Waals surface area (Å²) in [5.74, 6) is 0.878. The van der Waals surface area contributed by atoms with Gasteiger partial charge in [0.2, 0.25) is 0 Å². The van der Waals surface area contributed by atoms with E-state index < -0.39 is 6.10 Å². The number of ether oxygens (including phenoxy) is 1. The molecule has 1 rings (SSSR count). The van der Waals surface area contributed by atoms with E-state index in [0.29, 0.717) is 6.54 Å². The quantitative estimate of drug-likeness (QED) is 0.656. The van der Waals surface area contributed by atoms with Gasteiger partial charge in [0.15, 0.2) is 0 Å². The van der Waals surface area contributed by atoms with Crippen LogP contribution in [0.5, 0.6) is 5.75 Å². The lowest BCUT2D eigenvalue weighted by Gasteiger charge is -2.16. The predicted octanol–water partition coefficient (Wildman–Crippen LogP) is 1.48. The second-order valence-electron chi connectivity index (χ2n) is 4.38. The van der Waals surface area contributed by atoms with Gasteiger partial charge in [-0.15, -0.1) is 0 Å². The summed E-state index contributed by atoms with van der Waals surface area (Å²) in [5, 5.41) is 21.2. The Labute approximate surface area is 109 Å². The molecule has 0 aromatic heterocycles. The van der Waals surface area contributed by atoms with E-state index in [1.54, 1.807) is 0 Å². The first-order chi connectivity index (χ1) is 8.67. The minimum Gasteiger partial charge on any atom is -0.494 e. The summed E-state index contributed by atoms with van der Waals surface area (Å²) < 4.78 is 5.51. The van der Waals surface area contributed by atoms with Crippen LogP contribution in [0, 0.1) is 0 Å². The third kappa shape index (κ3) is 5.04. The molecule has 4 heteroatoms. The van der Waals surface area contributed by atoms with Crippen LogP contribution in [0.4, 0.5) is 0 Å². The Morgan fingerprint density at radius 1 is 1.28 bits per heavy atom. The van der Waals surface area contributed by atoms with Crippen LogP contribution in [0.1, 0.15) is 31.9 Å². The van der Waals surface area contributed by atoms with Crippen LogP contribution in [-0.4, -0.2) is 36.1 Å². The number of benzene rings is 1. The Hall–Kier alpha value is -1.10. The molecule has 0 aliphatic heterocycles. The maximum atomic E-state index is 9.26. The van der Waals surface area contributed by atoms with Crippen molar-refractivity contribution < 1.29 is 14.9 Å². The zero-order chi connectivity index (χ0) is 13.4. The summed E-state index contributed by atoms with van der Waals surface area (Å²) in [6, 6.07) is 8.05. The average molecular weight is 253 g/mol. The number of nitrogens with one attached hydrogen (secondary N) is 1. The number of aliphatic hydroxyl groups excluding tert-OH is 2. The average Bonchev–Trinajstić information content (AvgIpc) is 2.42. The lowest BCUT2D eigenvalue weighted by atomic mass is 10.1. The maximum absolute atomic E-state index is 9.26. The van der Waals surface area contributed by atoms with Crippen molar-refractivity contribution in [2.75, 3.05) is 19.8 Å². The normalized spacial score (nSPS) is 14.2. The van der Waals surface area contributed by atoms with Crippen LogP contribution in [0.3, 0.4) is 0 Å². The summed E-state index contributed by atoms with van der Waals surface area (Å²) in [4.78, 5) is 0. The van der Waals surface area contributed by atoms with Gasteiger partial charge in [0.05, 0.1) is 19.3 Å². The van der Waals surface area contributed by atoms with Gasteiger partial charge in [0, 0.05) is 12.6 Å². The van der Waals surface area contributed by atoms with Gasteiger partial charge in [-0.1, -0.05) is 19.1 Å². The van der Waals surface area contributed by atoms with E-state index in [2.05, 4.69) is 12.2 Å². The first-order valence-corrected chi connectivity index (χ1v) is 6.42. The molecule has 4 nitrogen and oxygen atoms in total. The van der Waals surface area contributed by atoms with Gasteiger partial charge in [0.25, 0.3) is 0 Å². The minimum atomic E-state index is -0.709. The van der Waals surface area contributed by atoms with Crippen molar-refractivity contribution in [2.24, 2.45) is 0 Å². The molecule has 0 spiro atoms. The fourth-order valence-corrected chi connectivity index (χ4v) is 1.57. The van der Waals surface area contributed by atoms with E-state index in [0.717, 1.165) is 24.3 Å². The van der Waals surface area contributed by atoms with E-state index in [1.165, 1.54) is 0 Å². The van der Waals surface area contributed by atoms with Crippen molar-refractivity contribution in [3.05, 3.63) is 29.8 Å². The second kappa shape index (κ2) is 8.08. The van der Waals surface area contributed by atoms with Gasteiger partial charge >= 0.3 is 0 Å². The number of hydrogen-bond acceptors (Lipinski definition) is 4. The van der Waals surface area contributed by atoms with Crippen molar-refractivity contribution >= 4 is 0 Å². The molecular formula is C14H23NO3. The number of hydrogen-bond donors (Lipinski definition) is 3. The van der Waals surface area contributed by atoms with Crippen LogP contribution in [0.25, 0.3) is 0 Å². The molecular weight excluding hydrogens is 230 g/mol. The van der Waals surface area contributed by atoms with Crippen LogP contribution in [-0.2, 0) is 0 Å². The van der Waals surface area contributed by atoms with Crippen molar-refractivity contribution in [2.45, 2.75) is 32.4 Å². The monoisotopic (exact) mass is 253 g/mol. The fraction of sp³-hybridized carbons (Fsp3) is 0.571. The second-order valence-corrected chi connectivity index (χ2v) is 4.38. The molecule has 1 aromatic rings. The summed E-state index contributed by atoms with van der Waals surface area (Å²) >= 11 is 0. The molecule has 0 heterocycles. The Kier molecular flexibility index (Phi) is 6.72. The third-order valence-electron chi connectivity index (χ3n) is 2.72. The van der Waals surface area contributed by atoms with Gasteiger partial charge < -0.3 is 20.3 Å². The minimum absolute atomic E-state index is 0.131. The molecule has 0 bridgehead atoms. The molecule has 3 N–H and O–H groups in total. The molecule has 18 heavy (non-hydrogen) atoms. The van der Waals surface area contributed by atoms with Crippen molar-refractivity contribution in [1.29, 1.82) is 0 Å². The highest BCUT2D eigenvalue weighted by molar-refractivity contribution is 5.28. The van der Waals surface area contributed by atoms with E-state index in [1.807, 2.05) is 31.2 Å². The van der Waals surface area contributed by atoms with Crippen LogP contribution in [0.15, 0.2) is 24.3 Å². The zero-order valence-electron chi connectivity index (χ0n) is 11.1. The molecule has 0 aliphatic rings. The summed E-state index contributed by atoms with van der Waals surface area (Å²) in [6.07, 6.45) is 0.290. The smallest absolute Gasteiger partial charge is 0.119 e. The summed E-state index contributed by atoms with van der Waals surface area (Å²) in [7, 11) is 0. The Balaban J connectivity index is 2.45. The van der Waals surface area contributed by atoms with E-state index in [9.17, 15) is 5.11 Å². The van der Waals surface area contributed by atoms with Gasteiger partial charge in [-0.3, -0.25) is 0 Å². The predicted molar refractivity (Wildman–Crippen MR) is 71.7 cm³/mol. The Morgan fingerprint density at radius 2 is 1.94 bits per heavy atom. The number of rotatable bonds is 8. The third-order valence-corrected chi connectivity index (χ3v) is 2.72. The van der Waals surface area contributed by atoms with Gasteiger partial charge in [-0.2, -0.15) is 0 Å². The molecule has 0 saturated carbocycles. The SMILES string of the molecule is CCCOc1ccc(C(C)NCC(O)CO)cc1. The largest absolute Gasteiger partial charge is 0.494 e. The first kappa shape index (κ1) is 15.0. The van der Waals surface area contributed by atoms with Gasteiger partial charge in [0.1, 0.15) is 5.75 Å². The molecule has 102 valence electrons. The Morgan fingerprint density at radius 3 is 2.50 bits per heavy atom. The zero-order valence-corrected chi connectivity index (χ0v) is 11.1. The van der Waals surface area contributed by atoms with Crippen LogP contribution < -0.4 is 10.1 Å². The van der Waals surface area contributed by atoms with E-state index in [-0.39, 0.29) is 12.6 Å². The fourth-order valence-electron chi connectivity index (χ4n) is 1.57. The Bertz CT molecular complexity index is 326. The standard InChI is InChI=1S/C14H23NO3/c1-3-8-18-14-6-4-12(5-7-14)11(2)15-9-13(17)10-16/h4-7,11,13,15-17H,3,8-10H2,1-2H3. The molecule has 0 radical (unpaired) electrons. The first-order valence-electron chi connectivity index (χ1n) is 6.42. The van der Waals surface area contributed by atoms with Crippen molar-refractivity contribution in [3.63, 3.8) is 0 Å². The molecule has 0 amide bonds. The molecule has 2 atom stereocenters. The van der Waals surface area contributed by atoms with E-state index in [4.69, 9.17) is 9.84 Å². The highest BCUT2D eigenvalue weighted by atomic mass is 16.5. The highest BCUT2D eigenvalue weighted by Gasteiger charge is 2.07. The van der Waals surface area contributed by atoms with Crippen molar-refractivity contribution in [1.82, 2.24) is 5.32 Å². The topological polar surface area (TPSA) is 61.7 Å². The molecule has 0 aliphatic carbocycles. The van der Waals surface area contributed by atoms with Crippen LogP contribution >= 0.6 is 0 Å². The molecule has 0 saturated heterocycles. The summed E-state index contributed by atoms with van der Waals surface area (Å²) in [6.45, 7) is 4.99. The van der Waals surface area contributed by atoms with Gasteiger partial charge in [-0.25, -0.2) is 0 Å². The number of aliphatic hydroxyl groups is 2. The lowest BCUT2D eigenvalue weighted by Crippen LogP contribution is -2.31. The molecule has 2 unspecified atom stereocenters. The van der Waals surface area contributed by atoms with Crippen LogP contribution in [0.2, 0.25) is 0 Å². The highest BCUT2D eigenvalue weighted by Crippen LogP contribution is 2.17. The van der Waals surface area contributed by atoms with Crippen molar-refractivity contribution in [3.8, 4) is 5.75 Å². The molecule has 1 aromatic carbocycles. The maximum Gasteiger partial charge on any atom is 0.119 e. The van der Waals surface area contributed by atoms with E-state index >= 15 is 0 Å². The lowest BCUT2D eigenvalue weighted by molar-refractivity contribution is 0.0924. The van der Waals surface area contributed by atoms with Gasteiger partial charge in [-0.05, 0) is 31.0 Å². The molecule has 0 fully saturated rings.